The van der Waals surface area contributed by atoms with Crippen molar-refractivity contribution in [2.24, 2.45) is 0 Å². The van der Waals surface area contributed by atoms with Gasteiger partial charge in [0, 0.05) is 12.0 Å². The van der Waals surface area contributed by atoms with Crippen molar-refractivity contribution in [1.82, 2.24) is 4.98 Å². The Balaban J connectivity index is 2.59. The average Bonchev–Trinajstić information content (AvgIpc) is 2.19. The van der Waals surface area contributed by atoms with E-state index in [1.807, 2.05) is 24.3 Å². The van der Waals surface area contributed by atoms with Crippen molar-refractivity contribution >= 4 is 26.8 Å². The molecule has 0 bridgehead atoms. The lowest BCUT2D eigenvalue weighted by molar-refractivity contribution is 0.299. The van der Waals surface area contributed by atoms with E-state index in [0.29, 0.717) is 6.42 Å². The summed E-state index contributed by atoms with van der Waals surface area (Å²) < 4.78 is 0.824. The van der Waals surface area contributed by atoms with Crippen LogP contribution in [0.2, 0.25) is 0 Å². The van der Waals surface area contributed by atoms with E-state index in [0.717, 1.165) is 21.1 Å². The van der Waals surface area contributed by atoms with E-state index in [1.165, 1.54) is 0 Å². The number of pyridine rings is 1. The first kappa shape index (κ1) is 9.62. The third kappa shape index (κ3) is 1.79. The quantitative estimate of drug-likeness (QED) is 0.833. The molecule has 0 fully saturated rings. The van der Waals surface area contributed by atoms with Crippen molar-refractivity contribution in [2.45, 2.75) is 6.42 Å². The summed E-state index contributed by atoms with van der Waals surface area (Å²) in [5, 5.41) is 9.98. The minimum atomic E-state index is 0.151. The molecule has 0 aliphatic rings. The molecule has 2 aromatic rings. The molecular formula is C11H10BrNO. The lowest BCUT2D eigenvalue weighted by Gasteiger charge is -2.04. The summed E-state index contributed by atoms with van der Waals surface area (Å²) in [4.78, 5) is 4.40. The summed E-state index contributed by atoms with van der Waals surface area (Å²) in [6.07, 6.45) is 0.637. The maximum atomic E-state index is 8.87. The van der Waals surface area contributed by atoms with E-state index in [-0.39, 0.29) is 6.61 Å². The molecule has 1 N–H and O–H groups in total. The Kier molecular flexibility index (Phi) is 2.79. The highest BCUT2D eigenvalue weighted by atomic mass is 79.9. The van der Waals surface area contributed by atoms with Crippen molar-refractivity contribution in [3.63, 3.8) is 0 Å². The number of aliphatic hydroxyl groups is 1. The molecule has 0 amide bonds. The van der Waals surface area contributed by atoms with Gasteiger partial charge in [0.1, 0.15) is 4.60 Å². The molecule has 1 aromatic heterocycles. The van der Waals surface area contributed by atoms with Crippen LogP contribution in [0.1, 0.15) is 5.56 Å². The van der Waals surface area contributed by atoms with Gasteiger partial charge in [-0.2, -0.15) is 0 Å². The number of aliphatic hydroxyl groups excluding tert-OH is 1. The zero-order chi connectivity index (χ0) is 9.97. The molecule has 0 unspecified atom stereocenters. The fourth-order valence-electron chi connectivity index (χ4n) is 1.43. The third-order valence-electron chi connectivity index (χ3n) is 2.13. The minimum Gasteiger partial charge on any atom is -0.396 e. The van der Waals surface area contributed by atoms with Gasteiger partial charge < -0.3 is 5.11 Å². The van der Waals surface area contributed by atoms with Crippen LogP contribution in [0.3, 0.4) is 0 Å². The second-order valence-corrected chi connectivity index (χ2v) is 3.86. The van der Waals surface area contributed by atoms with Crippen LogP contribution in [-0.4, -0.2) is 16.7 Å². The molecule has 0 atom stereocenters. The molecule has 0 aliphatic heterocycles. The van der Waals surface area contributed by atoms with Crippen molar-refractivity contribution < 1.29 is 5.11 Å². The Morgan fingerprint density at radius 1 is 1.29 bits per heavy atom. The highest BCUT2D eigenvalue weighted by Gasteiger charge is 2.02. The number of fused-ring (bicyclic) bond motifs is 1. The fourth-order valence-corrected chi connectivity index (χ4v) is 1.94. The van der Waals surface area contributed by atoms with Gasteiger partial charge in [0.05, 0.1) is 5.52 Å². The van der Waals surface area contributed by atoms with Gasteiger partial charge in [-0.25, -0.2) is 4.98 Å². The first-order valence-electron chi connectivity index (χ1n) is 4.46. The molecule has 0 aliphatic carbocycles. The topological polar surface area (TPSA) is 33.1 Å². The fraction of sp³-hybridized carbons (Fsp3) is 0.182. The number of hydrogen-bond acceptors (Lipinski definition) is 2. The van der Waals surface area contributed by atoms with E-state index in [9.17, 15) is 0 Å². The molecule has 0 saturated heterocycles. The number of aromatic nitrogens is 1. The standard InChI is InChI=1S/C11H10BrNO/c12-11-9(5-6-14)7-8-3-1-2-4-10(8)13-11/h1-4,7,14H,5-6H2. The summed E-state index contributed by atoms with van der Waals surface area (Å²) in [5.41, 5.74) is 2.02. The zero-order valence-corrected chi connectivity index (χ0v) is 9.16. The van der Waals surface area contributed by atoms with Crippen molar-refractivity contribution in [2.75, 3.05) is 6.61 Å². The van der Waals surface area contributed by atoms with Crippen LogP contribution in [0.15, 0.2) is 34.9 Å². The van der Waals surface area contributed by atoms with Crippen LogP contribution in [0.25, 0.3) is 10.9 Å². The highest BCUT2D eigenvalue weighted by molar-refractivity contribution is 9.10. The molecular weight excluding hydrogens is 242 g/mol. The molecule has 2 nitrogen and oxygen atoms in total. The highest BCUT2D eigenvalue weighted by Crippen LogP contribution is 2.20. The number of rotatable bonds is 2. The van der Waals surface area contributed by atoms with Crippen LogP contribution in [0.4, 0.5) is 0 Å². The Morgan fingerprint density at radius 3 is 2.86 bits per heavy atom. The van der Waals surface area contributed by atoms with Gasteiger partial charge in [-0.1, -0.05) is 18.2 Å². The van der Waals surface area contributed by atoms with Crippen LogP contribution >= 0.6 is 15.9 Å². The average molecular weight is 252 g/mol. The molecule has 1 aromatic carbocycles. The Labute approximate surface area is 90.7 Å². The van der Waals surface area contributed by atoms with Gasteiger partial charge >= 0.3 is 0 Å². The number of benzene rings is 1. The normalized spacial score (nSPS) is 10.7. The SMILES string of the molecule is OCCc1cc2ccccc2nc1Br. The molecule has 1 heterocycles. The lowest BCUT2D eigenvalue weighted by Crippen LogP contribution is -1.94. The molecule has 0 saturated carbocycles. The Morgan fingerprint density at radius 2 is 2.07 bits per heavy atom. The van der Waals surface area contributed by atoms with Gasteiger partial charge in [0.2, 0.25) is 0 Å². The molecule has 72 valence electrons. The van der Waals surface area contributed by atoms with Crippen LogP contribution in [-0.2, 0) is 6.42 Å². The van der Waals surface area contributed by atoms with Crippen LogP contribution in [0.5, 0.6) is 0 Å². The summed E-state index contributed by atoms with van der Waals surface area (Å²) >= 11 is 3.40. The number of hydrogen-bond donors (Lipinski definition) is 1. The zero-order valence-electron chi connectivity index (χ0n) is 7.57. The lowest BCUT2D eigenvalue weighted by atomic mass is 10.1. The third-order valence-corrected chi connectivity index (χ3v) is 2.82. The molecule has 0 radical (unpaired) electrons. The van der Waals surface area contributed by atoms with Gasteiger partial charge in [-0.15, -0.1) is 0 Å². The number of nitrogens with zero attached hydrogens (tertiary/aromatic N) is 1. The second kappa shape index (κ2) is 4.07. The van der Waals surface area contributed by atoms with E-state index < -0.39 is 0 Å². The van der Waals surface area contributed by atoms with Crippen molar-refractivity contribution in [3.05, 3.63) is 40.5 Å². The van der Waals surface area contributed by atoms with E-state index >= 15 is 0 Å². The Hall–Kier alpha value is -0.930. The number of halogens is 1. The smallest absolute Gasteiger partial charge is 0.110 e. The predicted octanol–water partition coefficient (Wildman–Crippen LogP) is 2.53. The summed E-state index contributed by atoms with van der Waals surface area (Å²) in [7, 11) is 0. The Bertz CT molecular complexity index is 456. The van der Waals surface area contributed by atoms with E-state index in [1.54, 1.807) is 0 Å². The second-order valence-electron chi connectivity index (χ2n) is 3.10. The minimum absolute atomic E-state index is 0.151. The van der Waals surface area contributed by atoms with E-state index in [4.69, 9.17) is 5.11 Å². The van der Waals surface area contributed by atoms with Gasteiger partial charge in [-0.3, -0.25) is 0 Å². The van der Waals surface area contributed by atoms with Crippen LogP contribution in [0, 0.1) is 0 Å². The van der Waals surface area contributed by atoms with Gasteiger partial charge in [-0.05, 0) is 40.0 Å². The first-order valence-corrected chi connectivity index (χ1v) is 5.25. The van der Waals surface area contributed by atoms with Crippen molar-refractivity contribution in [1.29, 1.82) is 0 Å². The monoisotopic (exact) mass is 251 g/mol. The first-order chi connectivity index (χ1) is 6.81. The number of para-hydroxylation sites is 1. The molecule has 3 heteroatoms. The molecule has 0 spiro atoms. The van der Waals surface area contributed by atoms with Gasteiger partial charge in [0.15, 0.2) is 0 Å². The van der Waals surface area contributed by atoms with E-state index in [2.05, 4.69) is 27.0 Å². The van der Waals surface area contributed by atoms with Gasteiger partial charge in [0.25, 0.3) is 0 Å². The maximum Gasteiger partial charge on any atom is 0.110 e. The van der Waals surface area contributed by atoms with Crippen molar-refractivity contribution in [3.8, 4) is 0 Å². The summed E-state index contributed by atoms with van der Waals surface area (Å²) in [5.74, 6) is 0. The maximum absolute atomic E-state index is 8.87. The summed E-state index contributed by atoms with van der Waals surface area (Å²) in [6, 6.07) is 10.0. The molecule has 2 rings (SSSR count). The predicted molar refractivity (Wildman–Crippen MR) is 60.2 cm³/mol. The molecule has 14 heavy (non-hydrogen) atoms. The largest absolute Gasteiger partial charge is 0.396 e. The van der Waals surface area contributed by atoms with Crippen LogP contribution < -0.4 is 0 Å². The summed E-state index contributed by atoms with van der Waals surface area (Å²) in [6.45, 7) is 0.151.